The first-order valence-electron chi connectivity index (χ1n) is 8.24. The molecule has 24 heavy (non-hydrogen) atoms. The Morgan fingerprint density at radius 2 is 1.88 bits per heavy atom. The topological polar surface area (TPSA) is 35.0 Å². The highest BCUT2D eigenvalue weighted by atomic mass is 32.1. The van der Waals surface area contributed by atoms with Crippen LogP contribution in [0.5, 0.6) is 11.6 Å². The summed E-state index contributed by atoms with van der Waals surface area (Å²) < 4.78 is 6.32. The first kappa shape index (κ1) is 13.9. The monoisotopic (exact) mass is 332 g/mol. The number of aromatic nitrogens is 2. The fourth-order valence-electron chi connectivity index (χ4n) is 3.53. The molecule has 4 aromatic rings. The standard InChI is InChI=1S/C20H16N2OS/c1-12-21-19(18-15-9-5-11-17(15)24-20(18)22-12)23-16-10-4-7-13-6-2-3-8-14(13)16/h2-4,6-8,10H,5,9,11H2,1H3. The van der Waals surface area contributed by atoms with E-state index in [9.17, 15) is 0 Å². The molecule has 5 rings (SSSR count). The Kier molecular flexibility index (Phi) is 3.06. The van der Waals surface area contributed by atoms with Crippen LogP contribution in [0.1, 0.15) is 22.7 Å². The predicted octanol–water partition coefficient (Wildman–Crippen LogP) is 5.43. The smallest absolute Gasteiger partial charge is 0.231 e. The Morgan fingerprint density at radius 3 is 2.83 bits per heavy atom. The average molecular weight is 332 g/mol. The van der Waals surface area contributed by atoms with Gasteiger partial charge in [0.25, 0.3) is 0 Å². The van der Waals surface area contributed by atoms with Crippen molar-refractivity contribution in [3.8, 4) is 11.6 Å². The molecular weight excluding hydrogens is 316 g/mol. The van der Waals surface area contributed by atoms with Crippen molar-refractivity contribution in [2.75, 3.05) is 0 Å². The van der Waals surface area contributed by atoms with Crippen LogP contribution in [0.2, 0.25) is 0 Å². The predicted molar refractivity (Wildman–Crippen MR) is 98.2 cm³/mol. The van der Waals surface area contributed by atoms with E-state index in [2.05, 4.69) is 28.2 Å². The molecule has 0 atom stereocenters. The van der Waals surface area contributed by atoms with Gasteiger partial charge in [0.2, 0.25) is 5.88 Å². The van der Waals surface area contributed by atoms with Crippen LogP contribution in [0.4, 0.5) is 0 Å². The van der Waals surface area contributed by atoms with Crippen molar-refractivity contribution in [2.45, 2.75) is 26.2 Å². The molecule has 1 aliphatic carbocycles. The van der Waals surface area contributed by atoms with Gasteiger partial charge in [-0.2, -0.15) is 4.98 Å². The normalized spacial score (nSPS) is 13.5. The van der Waals surface area contributed by atoms with Crippen LogP contribution >= 0.6 is 11.3 Å². The first-order valence-corrected chi connectivity index (χ1v) is 9.06. The van der Waals surface area contributed by atoms with E-state index in [1.165, 1.54) is 22.2 Å². The van der Waals surface area contributed by atoms with Gasteiger partial charge in [-0.05, 0) is 43.2 Å². The summed E-state index contributed by atoms with van der Waals surface area (Å²) in [6.07, 6.45) is 3.48. The van der Waals surface area contributed by atoms with Gasteiger partial charge in [-0.25, -0.2) is 4.98 Å². The van der Waals surface area contributed by atoms with Crippen molar-refractivity contribution >= 4 is 32.3 Å². The molecule has 0 fully saturated rings. The van der Waals surface area contributed by atoms with Gasteiger partial charge < -0.3 is 4.74 Å². The minimum atomic E-state index is 0.702. The lowest BCUT2D eigenvalue weighted by molar-refractivity contribution is 0.472. The van der Waals surface area contributed by atoms with Gasteiger partial charge in [-0.1, -0.05) is 36.4 Å². The molecule has 0 saturated carbocycles. The number of rotatable bonds is 2. The van der Waals surface area contributed by atoms with E-state index < -0.39 is 0 Å². The van der Waals surface area contributed by atoms with Crippen LogP contribution in [0.25, 0.3) is 21.0 Å². The van der Waals surface area contributed by atoms with Gasteiger partial charge in [-0.3, -0.25) is 0 Å². The number of thiophene rings is 1. The summed E-state index contributed by atoms with van der Waals surface area (Å²) in [6, 6.07) is 14.4. The van der Waals surface area contributed by atoms with Crippen LogP contribution in [0.15, 0.2) is 42.5 Å². The highest BCUT2D eigenvalue weighted by Gasteiger charge is 2.23. The van der Waals surface area contributed by atoms with Gasteiger partial charge in [0.1, 0.15) is 16.4 Å². The molecule has 2 aromatic carbocycles. The zero-order chi connectivity index (χ0) is 16.1. The number of hydrogen-bond acceptors (Lipinski definition) is 4. The van der Waals surface area contributed by atoms with E-state index in [-0.39, 0.29) is 0 Å². The highest BCUT2D eigenvalue weighted by Crippen LogP contribution is 2.42. The maximum Gasteiger partial charge on any atom is 0.231 e. The zero-order valence-electron chi connectivity index (χ0n) is 13.4. The third kappa shape index (κ3) is 2.10. The average Bonchev–Trinajstić information content (AvgIpc) is 3.15. The quantitative estimate of drug-likeness (QED) is 0.491. The molecule has 1 aliphatic rings. The molecule has 0 bridgehead atoms. The molecule has 2 aromatic heterocycles. The van der Waals surface area contributed by atoms with Gasteiger partial charge >= 0.3 is 0 Å². The summed E-state index contributed by atoms with van der Waals surface area (Å²) >= 11 is 1.80. The van der Waals surface area contributed by atoms with E-state index in [1.807, 2.05) is 31.2 Å². The number of hydrogen-bond donors (Lipinski definition) is 0. The maximum absolute atomic E-state index is 6.32. The molecule has 0 N–H and O–H groups in total. The van der Waals surface area contributed by atoms with Crippen LogP contribution in [0, 0.1) is 6.92 Å². The Hall–Kier alpha value is -2.46. The summed E-state index contributed by atoms with van der Waals surface area (Å²) in [5.74, 6) is 2.32. The van der Waals surface area contributed by atoms with Crippen LogP contribution < -0.4 is 4.74 Å². The van der Waals surface area contributed by atoms with E-state index >= 15 is 0 Å². The Balaban J connectivity index is 1.72. The highest BCUT2D eigenvalue weighted by molar-refractivity contribution is 7.19. The molecule has 0 unspecified atom stereocenters. The summed E-state index contributed by atoms with van der Waals surface area (Å²) in [6.45, 7) is 1.93. The third-order valence-corrected chi connectivity index (χ3v) is 5.79. The molecule has 0 saturated heterocycles. The molecule has 4 heteroatoms. The fourth-order valence-corrected chi connectivity index (χ4v) is 4.82. The summed E-state index contributed by atoms with van der Waals surface area (Å²) in [7, 11) is 0. The Bertz CT molecular complexity index is 1080. The molecule has 0 aliphatic heterocycles. The second-order valence-corrected chi connectivity index (χ2v) is 7.28. The van der Waals surface area contributed by atoms with Gasteiger partial charge in [0, 0.05) is 10.3 Å². The third-order valence-electron chi connectivity index (χ3n) is 4.60. The summed E-state index contributed by atoms with van der Waals surface area (Å²) in [4.78, 5) is 11.8. The maximum atomic E-state index is 6.32. The van der Waals surface area contributed by atoms with E-state index in [1.54, 1.807) is 11.3 Å². The van der Waals surface area contributed by atoms with Gasteiger partial charge in [0.15, 0.2) is 0 Å². The lowest BCUT2D eigenvalue weighted by Gasteiger charge is -2.10. The van der Waals surface area contributed by atoms with Crippen molar-refractivity contribution < 1.29 is 4.74 Å². The largest absolute Gasteiger partial charge is 0.438 e. The summed E-state index contributed by atoms with van der Waals surface area (Å²) in [5, 5.41) is 3.40. The lowest BCUT2D eigenvalue weighted by atomic mass is 10.1. The second kappa shape index (κ2) is 5.28. The molecule has 0 radical (unpaired) electrons. The fraction of sp³-hybridized carbons (Fsp3) is 0.200. The molecule has 118 valence electrons. The Labute approximate surface area is 143 Å². The van der Waals surface area contributed by atoms with Crippen molar-refractivity contribution in [3.63, 3.8) is 0 Å². The summed E-state index contributed by atoms with van der Waals surface area (Å²) in [5.41, 5.74) is 1.39. The number of nitrogens with zero attached hydrogens (tertiary/aromatic N) is 2. The number of benzene rings is 2. The number of ether oxygens (including phenoxy) is 1. The van der Waals surface area contributed by atoms with E-state index in [0.717, 1.165) is 40.0 Å². The van der Waals surface area contributed by atoms with Crippen molar-refractivity contribution in [1.29, 1.82) is 0 Å². The zero-order valence-corrected chi connectivity index (χ0v) is 14.2. The van der Waals surface area contributed by atoms with Crippen LogP contribution in [0.3, 0.4) is 0 Å². The number of aryl methyl sites for hydroxylation is 3. The Morgan fingerprint density at radius 1 is 1.00 bits per heavy atom. The molecule has 3 nitrogen and oxygen atoms in total. The van der Waals surface area contributed by atoms with Crippen molar-refractivity contribution in [2.24, 2.45) is 0 Å². The van der Waals surface area contributed by atoms with Gasteiger partial charge in [-0.15, -0.1) is 11.3 Å². The molecule has 2 heterocycles. The van der Waals surface area contributed by atoms with Crippen LogP contribution in [-0.4, -0.2) is 9.97 Å². The van der Waals surface area contributed by atoms with E-state index in [0.29, 0.717) is 5.88 Å². The SMILES string of the molecule is Cc1nc(Oc2cccc3ccccc23)c2c3c(sc2n1)CCC3. The van der Waals surface area contributed by atoms with E-state index in [4.69, 9.17) is 4.74 Å². The second-order valence-electron chi connectivity index (χ2n) is 6.19. The van der Waals surface area contributed by atoms with Crippen LogP contribution in [-0.2, 0) is 12.8 Å². The first-order chi connectivity index (χ1) is 11.8. The van der Waals surface area contributed by atoms with Crippen molar-refractivity contribution in [3.05, 3.63) is 58.7 Å². The molecule has 0 spiro atoms. The minimum Gasteiger partial charge on any atom is -0.438 e. The molecule has 0 amide bonds. The molecular formula is C20H16N2OS. The van der Waals surface area contributed by atoms with Gasteiger partial charge in [0.05, 0.1) is 5.39 Å². The lowest BCUT2D eigenvalue weighted by Crippen LogP contribution is -1.95. The van der Waals surface area contributed by atoms with Crippen molar-refractivity contribution in [1.82, 2.24) is 9.97 Å². The number of fused-ring (bicyclic) bond motifs is 4. The minimum absolute atomic E-state index is 0.702.